The molecule has 2 N–H and O–H groups in total. The molecule has 0 radical (unpaired) electrons. The Balaban J connectivity index is 2.53. The molecule has 0 amide bonds. The van der Waals surface area contributed by atoms with Crippen LogP contribution in [-0.4, -0.2) is 38.6 Å². The number of ether oxygens (including phenoxy) is 2. The zero-order valence-electron chi connectivity index (χ0n) is 11.2. The summed E-state index contributed by atoms with van der Waals surface area (Å²) in [7, 11) is 1.95. The third-order valence-electron chi connectivity index (χ3n) is 2.77. The lowest BCUT2D eigenvalue weighted by Gasteiger charge is -2.18. The van der Waals surface area contributed by atoms with Gasteiger partial charge in [-0.1, -0.05) is 25.1 Å². The Morgan fingerprint density at radius 3 is 2.67 bits per heavy atom. The summed E-state index contributed by atoms with van der Waals surface area (Å²) < 4.78 is 10.9. The molecule has 0 aromatic heterocycles. The van der Waals surface area contributed by atoms with Gasteiger partial charge in [0.05, 0.1) is 19.8 Å². The molecule has 0 saturated heterocycles. The van der Waals surface area contributed by atoms with Crippen LogP contribution in [0.3, 0.4) is 0 Å². The Morgan fingerprint density at radius 2 is 2.00 bits per heavy atom. The van der Waals surface area contributed by atoms with Gasteiger partial charge in [-0.05, 0) is 19.5 Å². The smallest absolute Gasteiger partial charge is 0.124 e. The van der Waals surface area contributed by atoms with E-state index in [1.807, 2.05) is 25.2 Å². The van der Waals surface area contributed by atoms with Crippen LogP contribution in [0.2, 0.25) is 0 Å². The molecule has 1 unspecified atom stereocenters. The second kappa shape index (κ2) is 8.91. The Kier molecular flexibility index (Phi) is 7.41. The van der Waals surface area contributed by atoms with Crippen LogP contribution in [0.5, 0.6) is 5.75 Å². The van der Waals surface area contributed by atoms with E-state index in [1.54, 1.807) is 0 Å². The van der Waals surface area contributed by atoms with Crippen molar-refractivity contribution in [3.63, 3.8) is 0 Å². The maximum atomic E-state index is 8.59. The number of aliphatic hydroxyl groups excluding tert-OH is 1. The molecule has 0 saturated carbocycles. The first-order valence-corrected chi connectivity index (χ1v) is 6.41. The highest BCUT2D eigenvalue weighted by molar-refractivity contribution is 5.35. The highest BCUT2D eigenvalue weighted by Gasteiger charge is 2.11. The van der Waals surface area contributed by atoms with E-state index in [0.29, 0.717) is 25.9 Å². The van der Waals surface area contributed by atoms with E-state index >= 15 is 0 Å². The summed E-state index contributed by atoms with van der Waals surface area (Å²) in [6.45, 7) is 3.54. The summed E-state index contributed by atoms with van der Waals surface area (Å²) >= 11 is 0. The average molecular weight is 253 g/mol. The van der Waals surface area contributed by atoms with Gasteiger partial charge in [-0.2, -0.15) is 0 Å². The van der Waals surface area contributed by atoms with Gasteiger partial charge in [0, 0.05) is 11.6 Å². The van der Waals surface area contributed by atoms with Gasteiger partial charge in [0.2, 0.25) is 0 Å². The van der Waals surface area contributed by atoms with Gasteiger partial charge < -0.3 is 19.9 Å². The van der Waals surface area contributed by atoms with Gasteiger partial charge in [-0.15, -0.1) is 0 Å². The fourth-order valence-corrected chi connectivity index (χ4v) is 1.86. The highest BCUT2D eigenvalue weighted by atomic mass is 16.5. The standard InChI is InChI=1S/C14H23NO3/c1-3-13(15-2)12-6-4-5-7-14(12)18-11-10-17-9-8-16/h4-7,13,15-16H,3,8-11H2,1-2H3. The van der Waals surface area contributed by atoms with E-state index in [4.69, 9.17) is 14.6 Å². The molecule has 1 rings (SSSR count). The molecular weight excluding hydrogens is 230 g/mol. The van der Waals surface area contributed by atoms with Crippen molar-refractivity contribution in [2.45, 2.75) is 19.4 Å². The van der Waals surface area contributed by atoms with Crippen molar-refractivity contribution in [2.75, 3.05) is 33.5 Å². The Bertz CT molecular complexity index is 327. The molecule has 4 heteroatoms. The Labute approximate surface area is 109 Å². The van der Waals surface area contributed by atoms with E-state index in [0.717, 1.165) is 12.2 Å². The third kappa shape index (κ3) is 4.64. The van der Waals surface area contributed by atoms with Crippen LogP contribution in [0.25, 0.3) is 0 Å². The molecule has 0 fully saturated rings. The minimum Gasteiger partial charge on any atom is -0.491 e. The molecular formula is C14H23NO3. The molecule has 1 atom stereocenters. The van der Waals surface area contributed by atoms with Gasteiger partial charge in [-0.25, -0.2) is 0 Å². The van der Waals surface area contributed by atoms with E-state index < -0.39 is 0 Å². The second-order valence-electron chi connectivity index (χ2n) is 3.97. The van der Waals surface area contributed by atoms with Crippen molar-refractivity contribution in [2.24, 2.45) is 0 Å². The summed E-state index contributed by atoms with van der Waals surface area (Å²) in [6, 6.07) is 8.34. The fourth-order valence-electron chi connectivity index (χ4n) is 1.86. The van der Waals surface area contributed by atoms with Gasteiger partial charge >= 0.3 is 0 Å². The molecule has 0 spiro atoms. The van der Waals surface area contributed by atoms with Gasteiger partial charge in [0.1, 0.15) is 12.4 Å². The predicted octanol–water partition coefficient (Wildman–Crippen LogP) is 1.74. The van der Waals surface area contributed by atoms with Crippen LogP contribution in [0.1, 0.15) is 24.9 Å². The Hall–Kier alpha value is -1.10. The number of benzene rings is 1. The third-order valence-corrected chi connectivity index (χ3v) is 2.77. The molecule has 1 aromatic rings. The molecule has 4 nitrogen and oxygen atoms in total. The maximum Gasteiger partial charge on any atom is 0.124 e. The predicted molar refractivity (Wildman–Crippen MR) is 71.9 cm³/mol. The molecule has 0 bridgehead atoms. The molecule has 0 aliphatic carbocycles. The van der Waals surface area contributed by atoms with Gasteiger partial charge in [-0.3, -0.25) is 0 Å². The van der Waals surface area contributed by atoms with Crippen LogP contribution >= 0.6 is 0 Å². The number of para-hydroxylation sites is 1. The zero-order chi connectivity index (χ0) is 13.2. The fraction of sp³-hybridized carbons (Fsp3) is 0.571. The van der Waals surface area contributed by atoms with Gasteiger partial charge in [0.25, 0.3) is 0 Å². The average Bonchev–Trinajstić information content (AvgIpc) is 2.41. The van der Waals surface area contributed by atoms with E-state index in [2.05, 4.69) is 18.3 Å². The second-order valence-corrected chi connectivity index (χ2v) is 3.97. The van der Waals surface area contributed by atoms with Crippen LogP contribution in [-0.2, 0) is 4.74 Å². The summed E-state index contributed by atoms with van der Waals surface area (Å²) in [4.78, 5) is 0. The van der Waals surface area contributed by atoms with Crippen molar-refractivity contribution in [3.05, 3.63) is 29.8 Å². The van der Waals surface area contributed by atoms with E-state index in [-0.39, 0.29) is 6.61 Å². The Morgan fingerprint density at radius 1 is 1.22 bits per heavy atom. The maximum absolute atomic E-state index is 8.59. The number of nitrogens with one attached hydrogen (secondary N) is 1. The highest BCUT2D eigenvalue weighted by Crippen LogP contribution is 2.26. The van der Waals surface area contributed by atoms with Crippen molar-refractivity contribution in [1.82, 2.24) is 5.32 Å². The largest absolute Gasteiger partial charge is 0.491 e. The molecule has 1 aromatic carbocycles. The molecule has 0 heterocycles. The first-order chi connectivity index (χ1) is 8.83. The molecule has 0 aliphatic rings. The first kappa shape index (κ1) is 15.0. The molecule has 102 valence electrons. The van der Waals surface area contributed by atoms with Crippen molar-refractivity contribution >= 4 is 0 Å². The normalized spacial score (nSPS) is 12.4. The van der Waals surface area contributed by atoms with Gasteiger partial charge in [0.15, 0.2) is 0 Å². The number of hydrogen-bond acceptors (Lipinski definition) is 4. The zero-order valence-corrected chi connectivity index (χ0v) is 11.2. The summed E-state index contributed by atoms with van der Waals surface area (Å²) in [5, 5.41) is 11.9. The lowest BCUT2D eigenvalue weighted by Crippen LogP contribution is -2.17. The van der Waals surface area contributed by atoms with E-state index in [1.165, 1.54) is 5.56 Å². The number of rotatable bonds is 9. The summed E-state index contributed by atoms with van der Waals surface area (Å²) in [6.07, 6.45) is 1.01. The van der Waals surface area contributed by atoms with Crippen LogP contribution < -0.4 is 10.1 Å². The van der Waals surface area contributed by atoms with Crippen molar-refractivity contribution in [1.29, 1.82) is 0 Å². The van der Waals surface area contributed by atoms with Crippen molar-refractivity contribution < 1.29 is 14.6 Å². The topological polar surface area (TPSA) is 50.7 Å². The summed E-state index contributed by atoms with van der Waals surface area (Å²) in [5.74, 6) is 0.895. The number of aliphatic hydroxyl groups is 1. The quantitative estimate of drug-likeness (QED) is 0.658. The molecule has 18 heavy (non-hydrogen) atoms. The minimum atomic E-state index is 0.0499. The molecule has 0 aliphatic heterocycles. The number of hydrogen-bond donors (Lipinski definition) is 2. The lowest BCUT2D eigenvalue weighted by atomic mass is 10.0. The summed E-state index contributed by atoms with van der Waals surface area (Å²) in [5.41, 5.74) is 1.17. The SMILES string of the molecule is CCC(NC)c1ccccc1OCCOCCO. The van der Waals surface area contributed by atoms with Crippen LogP contribution in [0, 0.1) is 0 Å². The first-order valence-electron chi connectivity index (χ1n) is 6.41. The minimum absolute atomic E-state index is 0.0499. The van der Waals surface area contributed by atoms with E-state index in [9.17, 15) is 0 Å². The van der Waals surface area contributed by atoms with Crippen LogP contribution in [0.4, 0.5) is 0 Å². The van der Waals surface area contributed by atoms with Crippen molar-refractivity contribution in [3.8, 4) is 5.75 Å². The monoisotopic (exact) mass is 253 g/mol. The lowest BCUT2D eigenvalue weighted by molar-refractivity contribution is 0.0702. The van der Waals surface area contributed by atoms with Crippen LogP contribution in [0.15, 0.2) is 24.3 Å².